The number of carbonyl (C=O) groups excluding carboxylic acids is 1. The molecule has 2 heterocycles. The van der Waals surface area contributed by atoms with E-state index < -0.39 is 22.0 Å². The van der Waals surface area contributed by atoms with Crippen LogP contribution in [0.5, 0.6) is 0 Å². The maximum atomic E-state index is 12.2. The molecule has 1 aliphatic rings. The molecule has 0 spiro atoms. The molecular formula is C17H28N4O3S. The van der Waals surface area contributed by atoms with Gasteiger partial charge >= 0.3 is 0 Å². The standard InChI is InChI=1S/C17H28N4O3S/c1-3-4-12-25(23,24)20-14(2)17(22)19-15-8-9-16(18-13-15)21-10-6-5-7-11-21/h8-9,13-14,20H,3-7,10-12H2,1-2H3,(H,19,22). The first-order valence-electron chi connectivity index (χ1n) is 8.93. The van der Waals surface area contributed by atoms with E-state index in [-0.39, 0.29) is 5.75 Å². The molecule has 1 aliphatic heterocycles. The zero-order valence-corrected chi connectivity index (χ0v) is 15.8. The van der Waals surface area contributed by atoms with E-state index in [0.29, 0.717) is 12.1 Å². The number of rotatable bonds is 8. The van der Waals surface area contributed by atoms with Gasteiger partial charge in [-0.05, 0) is 44.7 Å². The lowest BCUT2D eigenvalue weighted by Crippen LogP contribution is -2.42. The van der Waals surface area contributed by atoms with Gasteiger partial charge in [0.25, 0.3) is 0 Å². The van der Waals surface area contributed by atoms with Gasteiger partial charge in [-0.15, -0.1) is 0 Å². The molecule has 140 valence electrons. The molecule has 2 rings (SSSR count). The van der Waals surface area contributed by atoms with Crippen molar-refractivity contribution in [3.63, 3.8) is 0 Å². The fraction of sp³-hybridized carbons (Fsp3) is 0.647. The Morgan fingerprint density at radius 3 is 2.60 bits per heavy atom. The number of hydrogen-bond donors (Lipinski definition) is 2. The topological polar surface area (TPSA) is 91.4 Å². The summed E-state index contributed by atoms with van der Waals surface area (Å²) in [6, 6.07) is 2.85. The molecule has 0 aromatic carbocycles. The Hall–Kier alpha value is -1.67. The number of anilines is 2. The lowest BCUT2D eigenvalue weighted by atomic mass is 10.1. The quantitative estimate of drug-likeness (QED) is 0.733. The number of hydrogen-bond acceptors (Lipinski definition) is 5. The number of sulfonamides is 1. The lowest BCUT2D eigenvalue weighted by molar-refractivity contribution is -0.117. The Morgan fingerprint density at radius 1 is 1.28 bits per heavy atom. The van der Waals surface area contributed by atoms with E-state index in [9.17, 15) is 13.2 Å². The van der Waals surface area contributed by atoms with E-state index in [1.807, 2.05) is 13.0 Å². The van der Waals surface area contributed by atoms with E-state index >= 15 is 0 Å². The number of aromatic nitrogens is 1. The smallest absolute Gasteiger partial charge is 0.242 e. The molecule has 1 amide bonds. The normalized spacial score (nSPS) is 16.5. The minimum Gasteiger partial charge on any atom is -0.357 e. The summed E-state index contributed by atoms with van der Waals surface area (Å²) in [4.78, 5) is 18.8. The third-order valence-electron chi connectivity index (χ3n) is 4.21. The van der Waals surface area contributed by atoms with Crippen molar-refractivity contribution in [1.29, 1.82) is 0 Å². The van der Waals surface area contributed by atoms with E-state index in [1.165, 1.54) is 26.2 Å². The van der Waals surface area contributed by atoms with Crippen LogP contribution in [0, 0.1) is 0 Å². The van der Waals surface area contributed by atoms with Crippen LogP contribution in [0.15, 0.2) is 18.3 Å². The fourth-order valence-corrected chi connectivity index (χ4v) is 4.17. The van der Waals surface area contributed by atoms with E-state index in [0.717, 1.165) is 25.3 Å². The second-order valence-electron chi connectivity index (χ2n) is 6.45. The second kappa shape index (κ2) is 9.15. The van der Waals surface area contributed by atoms with E-state index in [2.05, 4.69) is 19.9 Å². The van der Waals surface area contributed by atoms with Crippen LogP contribution in [0.3, 0.4) is 0 Å². The molecule has 2 N–H and O–H groups in total. The lowest BCUT2D eigenvalue weighted by Gasteiger charge is -2.27. The van der Waals surface area contributed by atoms with Crippen molar-refractivity contribution in [2.45, 2.75) is 52.0 Å². The summed E-state index contributed by atoms with van der Waals surface area (Å²) >= 11 is 0. The van der Waals surface area contributed by atoms with Crippen molar-refractivity contribution in [2.24, 2.45) is 0 Å². The van der Waals surface area contributed by atoms with Gasteiger partial charge in [0.2, 0.25) is 15.9 Å². The van der Waals surface area contributed by atoms with Crippen LogP contribution in [0.2, 0.25) is 0 Å². The number of piperidine rings is 1. The van der Waals surface area contributed by atoms with Crippen molar-refractivity contribution < 1.29 is 13.2 Å². The highest BCUT2D eigenvalue weighted by Gasteiger charge is 2.20. The molecule has 25 heavy (non-hydrogen) atoms. The van der Waals surface area contributed by atoms with E-state index in [4.69, 9.17) is 0 Å². The number of unbranched alkanes of at least 4 members (excludes halogenated alkanes) is 1. The van der Waals surface area contributed by atoms with Crippen molar-refractivity contribution >= 4 is 27.4 Å². The molecule has 1 unspecified atom stereocenters. The maximum Gasteiger partial charge on any atom is 0.242 e. The zero-order chi connectivity index (χ0) is 18.3. The summed E-state index contributed by atoms with van der Waals surface area (Å²) in [6.45, 7) is 5.48. The maximum absolute atomic E-state index is 12.2. The van der Waals surface area contributed by atoms with Gasteiger partial charge in [0.1, 0.15) is 5.82 Å². The van der Waals surface area contributed by atoms with Crippen molar-refractivity contribution in [3.05, 3.63) is 18.3 Å². The molecule has 0 bridgehead atoms. The SMILES string of the molecule is CCCCS(=O)(=O)NC(C)C(=O)Nc1ccc(N2CCCCC2)nc1. The highest BCUT2D eigenvalue weighted by atomic mass is 32.2. The predicted octanol–water partition coefficient (Wildman–Crippen LogP) is 2.12. The highest BCUT2D eigenvalue weighted by Crippen LogP contribution is 2.19. The Bertz CT molecular complexity index is 655. The molecule has 0 saturated carbocycles. The fourth-order valence-electron chi connectivity index (χ4n) is 2.74. The third kappa shape index (κ3) is 6.28. The Kier molecular flexibility index (Phi) is 7.19. The first-order chi connectivity index (χ1) is 11.9. The second-order valence-corrected chi connectivity index (χ2v) is 8.33. The van der Waals surface area contributed by atoms with E-state index in [1.54, 1.807) is 12.3 Å². The average molecular weight is 369 g/mol. The van der Waals surface area contributed by atoms with Crippen LogP contribution in [-0.4, -0.2) is 44.2 Å². The molecule has 1 aromatic rings. The molecule has 1 fully saturated rings. The number of nitrogens with zero attached hydrogens (tertiary/aromatic N) is 2. The summed E-state index contributed by atoms with van der Waals surface area (Å²) in [6.07, 6.45) is 6.59. The number of carbonyl (C=O) groups is 1. The highest BCUT2D eigenvalue weighted by molar-refractivity contribution is 7.89. The van der Waals surface area contributed by atoms with Gasteiger partial charge in [-0.3, -0.25) is 4.79 Å². The van der Waals surface area contributed by atoms with Gasteiger partial charge < -0.3 is 10.2 Å². The minimum atomic E-state index is -3.43. The summed E-state index contributed by atoms with van der Waals surface area (Å²) in [7, 11) is -3.43. The third-order valence-corrected chi connectivity index (χ3v) is 5.75. The number of amides is 1. The summed E-state index contributed by atoms with van der Waals surface area (Å²) in [5.74, 6) is 0.548. The number of pyridine rings is 1. The van der Waals surface area contributed by atoms with Crippen molar-refractivity contribution in [3.8, 4) is 0 Å². The predicted molar refractivity (Wildman–Crippen MR) is 100 cm³/mol. The van der Waals surface area contributed by atoms with Crippen LogP contribution < -0.4 is 14.9 Å². The Labute approximate surface area is 150 Å². The van der Waals surface area contributed by atoms with Gasteiger partial charge in [-0.25, -0.2) is 18.1 Å². The first kappa shape index (κ1) is 19.7. The monoisotopic (exact) mass is 368 g/mol. The average Bonchev–Trinajstić information content (AvgIpc) is 2.61. The summed E-state index contributed by atoms with van der Waals surface area (Å²) < 4.78 is 26.1. The van der Waals surface area contributed by atoms with Crippen LogP contribution in [0.25, 0.3) is 0 Å². The van der Waals surface area contributed by atoms with Gasteiger partial charge in [0.05, 0.1) is 23.7 Å². The van der Waals surface area contributed by atoms with Crippen LogP contribution in [-0.2, 0) is 14.8 Å². The van der Waals surface area contributed by atoms with Gasteiger partial charge in [0.15, 0.2) is 0 Å². The van der Waals surface area contributed by atoms with Gasteiger partial charge in [-0.1, -0.05) is 13.3 Å². The molecule has 7 nitrogen and oxygen atoms in total. The van der Waals surface area contributed by atoms with Crippen LogP contribution in [0.1, 0.15) is 46.0 Å². The molecule has 1 aromatic heterocycles. The molecule has 1 saturated heterocycles. The Morgan fingerprint density at radius 2 is 2.00 bits per heavy atom. The van der Waals surface area contributed by atoms with Crippen molar-refractivity contribution in [1.82, 2.24) is 9.71 Å². The van der Waals surface area contributed by atoms with Crippen molar-refractivity contribution in [2.75, 3.05) is 29.1 Å². The largest absolute Gasteiger partial charge is 0.357 e. The molecule has 0 radical (unpaired) electrons. The van der Waals surface area contributed by atoms with Crippen LogP contribution >= 0.6 is 0 Å². The number of nitrogens with one attached hydrogen (secondary N) is 2. The minimum absolute atomic E-state index is 0.0349. The summed E-state index contributed by atoms with van der Waals surface area (Å²) in [5, 5.41) is 2.70. The van der Waals surface area contributed by atoms with Crippen LogP contribution in [0.4, 0.5) is 11.5 Å². The Balaban J connectivity index is 1.89. The van der Waals surface area contributed by atoms with Gasteiger partial charge in [-0.2, -0.15) is 0 Å². The van der Waals surface area contributed by atoms with Gasteiger partial charge in [0, 0.05) is 13.1 Å². The summed E-state index contributed by atoms with van der Waals surface area (Å²) in [5.41, 5.74) is 0.561. The molecular weight excluding hydrogens is 340 g/mol. The molecule has 8 heteroatoms. The zero-order valence-electron chi connectivity index (χ0n) is 15.0. The molecule has 1 atom stereocenters. The molecule has 0 aliphatic carbocycles. The first-order valence-corrected chi connectivity index (χ1v) is 10.6.